The van der Waals surface area contributed by atoms with Gasteiger partial charge in [-0.25, -0.2) is 4.98 Å². The summed E-state index contributed by atoms with van der Waals surface area (Å²) >= 11 is 3.56. The summed E-state index contributed by atoms with van der Waals surface area (Å²) in [4.78, 5) is 4.46. The maximum atomic E-state index is 4.46. The van der Waals surface area contributed by atoms with Crippen molar-refractivity contribution in [1.29, 1.82) is 0 Å². The Bertz CT molecular complexity index is 588. The highest BCUT2D eigenvalue weighted by Crippen LogP contribution is 2.22. The molecule has 0 amide bonds. The number of hydrogen-bond donors (Lipinski definition) is 0. The van der Waals surface area contributed by atoms with Crippen molar-refractivity contribution in [2.75, 3.05) is 0 Å². The molecular weight excluding hydrogens is 300 g/mol. The molecule has 2 nitrogen and oxygen atoms in total. The molecule has 0 N–H and O–H groups in total. The van der Waals surface area contributed by atoms with Gasteiger partial charge in [0.15, 0.2) is 0 Å². The first-order valence-corrected chi connectivity index (χ1v) is 7.44. The zero-order valence-corrected chi connectivity index (χ0v) is 13.9. The third-order valence-electron chi connectivity index (χ3n) is 3.84. The van der Waals surface area contributed by atoms with Crippen LogP contribution in [0.5, 0.6) is 0 Å². The third-order valence-corrected chi connectivity index (χ3v) is 4.48. The molecule has 0 saturated heterocycles. The predicted octanol–water partition coefficient (Wildman–Crippen LogP) is 4.20. The van der Waals surface area contributed by atoms with Crippen molar-refractivity contribution in [3.63, 3.8) is 0 Å². The monoisotopic (exact) mass is 320 g/mol. The van der Waals surface area contributed by atoms with Crippen LogP contribution in [0.15, 0.2) is 16.7 Å². The van der Waals surface area contributed by atoms with Crippen LogP contribution in [0.3, 0.4) is 0 Å². The molecule has 1 aromatic heterocycles. The normalized spacial score (nSPS) is 11.1. The number of rotatable bonds is 3. The molecule has 3 heteroatoms. The van der Waals surface area contributed by atoms with E-state index < -0.39 is 0 Å². The minimum atomic E-state index is 0.981. The van der Waals surface area contributed by atoms with E-state index in [4.69, 9.17) is 0 Å². The van der Waals surface area contributed by atoms with Gasteiger partial charge in [-0.05, 0) is 73.2 Å². The Balaban J connectivity index is 2.24. The molecule has 2 aromatic rings. The Labute approximate surface area is 124 Å². The number of nitrogens with zero attached hydrogens (tertiary/aromatic N) is 2. The Morgan fingerprint density at radius 1 is 1.05 bits per heavy atom. The number of aryl methyl sites for hydroxylation is 4. The van der Waals surface area contributed by atoms with Crippen LogP contribution in [0.1, 0.15) is 33.8 Å². The molecule has 0 radical (unpaired) electrons. The van der Waals surface area contributed by atoms with Gasteiger partial charge in [-0.1, -0.05) is 17.7 Å². The highest BCUT2D eigenvalue weighted by molar-refractivity contribution is 9.10. The van der Waals surface area contributed by atoms with E-state index in [0.717, 1.165) is 23.3 Å². The molecule has 0 aliphatic rings. The van der Waals surface area contributed by atoms with Crippen molar-refractivity contribution in [1.82, 2.24) is 9.55 Å². The Kier molecular flexibility index (Phi) is 4.14. The zero-order chi connectivity index (χ0) is 14.2. The molecular formula is C16H21BrN2. The van der Waals surface area contributed by atoms with Crippen molar-refractivity contribution in [3.8, 4) is 0 Å². The lowest BCUT2D eigenvalue weighted by Crippen LogP contribution is -2.03. The predicted molar refractivity (Wildman–Crippen MR) is 83.7 cm³/mol. The van der Waals surface area contributed by atoms with Crippen molar-refractivity contribution < 1.29 is 0 Å². The first-order chi connectivity index (χ1) is 8.90. The second-order valence-corrected chi connectivity index (χ2v) is 6.08. The van der Waals surface area contributed by atoms with Crippen LogP contribution in [0.4, 0.5) is 0 Å². The average molecular weight is 321 g/mol. The van der Waals surface area contributed by atoms with E-state index >= 15 is 0 Å². The van der Waals surface area contributed by atoms with E-state index in [1.54, 1.807) is 0 Å². The Hall–Kier alpha value is -1.09. The van der Waals surface area contributed by atoms with Crippen molar-refractivity contribution in [2.24, 2.45) is 7.05 Å². The van der Waals surface area contributed by atoms with Crippen LogP contribution in [0, 0.1) is 27.7 Å². The highest BCUT2D eigenvalue weighted by Gasteiger charge is 2.11. The summed E-state index contributed by atoms with van der Waals surface area (Å²) in [6, 6.07) is 4.54. The smallest absolute Gasteiger partial charge is 0.127 e. The lowest BCUT2D eigenvalue weighted by molar-refractivity contribution is 0.767. The van der Waals surface area contributed by atoms with Gasteiger partial charge in [0, 0.05) is 7.05 Å². The summed E-state index contributed by atoms with van der Waals surface area (Å²) in [7, 11) is 2.08. The number of aromatic nitrogens is 2. The molecule has 1 aromatic carbocycles. The van der Waals surface area contributed by atoms with Gasteiger partial charge in [0.1, 0.15) is 10.4 Å². The van der Waals surface area contributed by atoms with Gasteiger partial charge in [-0.2, -0.15) is 0 Å². The number of benzene rings is 1. The summed E-state index contributed by atoms with van der Waals surface area (Å²) in [5.41, 5.74) is 6.88. The fourth-order valence-electron chi connectivity index (χ4n) is 2.73. The van der Waals surface area contributed by atoms with Crippen LogP contribution >= 0.6 is 15.9 Å². The van der Waals surface area contributed by atoms with Crippen LogP contribution < -0.4 is 0 Å². The van der Waals surface area contributed by atoms with Crippen molar-refractivity contribution >= 4 is 15.9 Å². The van der Waals surface area contributed by atoms with E-state index in [2.05, 4.69) is 65.4 Å². The molecule has 102 valence electrons. The van der Waals surface area contributed by atoms with E-state index in [0.29, 0.717) is 0 Å². The third kappa shape index (κ3) is 2.92. The quantitative estimate of drug-likeness (QED) is 0.828. The first-order valence-electron chi connectivity index (χ1n) is 6.64. The molecule has 0 spiro atoms. The van der Waals surface area contributed by atoms with Gasteiger partial charge in [0.05, 0.1) is 5.69 Å². The summed E-state index contributed by atoms with van der Waals surface area (Å²) in [6.45, 7) is 8.61. The van der Waals surface area contributed by atoms with Crippen molar-refractivity contribution in [3.05, 3.63) is 50.5 Å². The molecule has 19 heavy (non-hydrogen) atoms. The molecule has 0 saturated carbocycles. The lowest BCUT2D eigenvalue weighted by Gasteiger charge is -2.12. The van der Waals surface area contributed by atoms with E-state index in [9.17, 15) is 0 Å². The Morgan fingerprint density at radius 3 is 2.11 bits per heavy atom. The molecule has 0 atom stereocenters. The van der Waals surface area contributed by atoms with Crippen molar-refractivity contribution in [2.45, 2.75) is 40.5 Å². The van der Waals surface area contributed by atoms with Gasteiger partial charge in [0.2, 0.25) is 0 Å². The number of hydrogen-bond acceptors (Lipinski definition) is 1. The lowest BCUT2D eigenvalue weighted by atomic mass is 9.96. The summed E-state index contributed by atoms with van der Waals surface area (Å²) in [5, 5.41) is 0. The molecule has 0 bridgehead atoms. The zero-order valence-electron chi connectivity index (χ0n) is 12.3. The summed E-state index contributed by atoms with van der Waals surface area (Å²) in [6.07, 6.45) is 2.08. The van der Waals surface area contributed by atoms with Gasteiger partial charge in [-0.15, -0.1) is 0 Å². The molecule has 0 aliphatic heterocycles. The Morgan fingerprint density at radius 2 is 1.63 bits per heavy atom. The van der Waals surface area contributed by atoms with Gasteiger partial charge in [0.25, 0.3) is 0 Å². The maximum absolute atomic E-state index is 4.46. The molecule has 1 heterocycles. The fourth-order valence-corrected chi connectivity index (χ4v) is 3.45. The second-order valence-electron chi connectivity index (χ2n) is 5.33. The largest absolute Gasteiger partial charge is 0.334 e. The van der Waals surface area contributed by atoms with Crippen LogP contribution in [-0.2, 0) is 19.9 Å². The molecule has 2 rings (SSSR count). The molecule has 0 aliphatic carbocycles. The standard InChI is InChI=1S/C16H21BrN2/c1-10-8-11(2)14(12(3)9-10)6-7-15-16(17)18-13(4)19(15)5/h8-9H,6-7H2,1-5H3. The van der Waals surface area contributed by atoms with Crippen LogP contribution in [-0.4, -0.2) is 9.55 Å². The fraction of sp³-hybridized carbons (Fsp3) is 0.438. The summed E-state index contributed by atoms with van der Waals surface area (Å²) < 4.78 is 3.15. The highest BCUT2D eigenvalue weighted by atomic mass is 79.9. The van der Waals surface area contributed by atoms with Crippen LogP contribution in [0.2, 0.25) is 0 Å². The van der Waals surface area contributed by atoms with Gasteiger partial charge >= 0.3 is 0 Å². The number of halogens is 1. The van der Waals surface area contributed by atoms with E-state index in [1.807, 2.05) is 6.92 Å². The topological polar surface area (TPSA) is 17.8 Å². The van der Waals surface area contributed by atoms with E-state index in [-0.39, 0.29) is 0 Å². The molecule has 0 unspecified atom stereocenters. The van der Waals surface area contributed by atoms with Gasteiger partial charge in [-0.3, -0.25) is 0 Å². The minimum absolute atomic E-state index is 0.981. The molecule has 0 fully saturated rings. The van der Waals surface area contributed by atoms with E-state index in [1.165, 1.54) is 27.9 Å². The minimum Gasteiger partial charge on any atom is -0.334 e. The maximum Gasteiger partial charge on any atom is 0.127 e. The second kappa shape index (κ2) is 5.49. The van der Waals surface area contributed by atoms with Crippen LogP contribution in [0.25, 0.3) is 0 Å². The average Bonchev–Trinajstić information content (AvgIpc) is 2.53. The van der Waals surface area contributed by atoms with Gasteiger partial charge < -0.3 is 4.57 Å². The summed E-state index contributed by atoms with van der Waals surface area (Å²) in [5.74, 6) is 1.05. The number of imidazole rings is 1. The SMILES string of the molecule is Cc1cc(C)c(CCc2c(Br)nc(C)n2C)c(C)c1. The first kappa shape index (κ1) is 14.3.